The number of rotatable bonds is 7. The van der Waals surface area contributed by atoms with Gasteiger partial charge in [-0.15, -0.1) is 0 Å². The molecule has 5 nitrogen and oxygen atoms in total. The average Bonchev–Trinajstić information content (AvgIpc) is 3.12. The smallest absolute Gasteiger partial charge is 0.293 e. The maximum absolute atomic E-state index is 12.9. The van der Waals surface area contributed by atoms with Gasteiger partial charge < -0.3 is 9.47 Å². The van der Waals surface area contributed by atoms with Gasteiger partial charge in [-0.2, -0.15) is 0 Å². The summed E-state index contributed by atoms with van der Waals surface area (Å²) in [4.78, 5) is 27.0. The van der Waals surface area contributed by atoms with Gasteiger partial charge in [-0.05, 0) is 59.1 Å². The lowest BCUT2D eigenvalue weighted by Gasteiger charge is -2.14. The highest BCUT2D eigenvalue weighted by Gasteiger charge is 2.34. The van der Waals surface area contributed by atoms with Gasteiger partial charge in [0.1, 0.15) is 23.9 Å². The van der Waals surface area contributed by atoms with Gasteiger partial charge >= 0.3 is 0 Å². The number of imide groups is 1. The fourth-order valence-electron chi connectivity index (χ4n) is 3.71. The first-order valence-corrected chi connectivity index (χ1v) is 11.7. The molecule has 1 aliphatic heterocycles. The van der Waals surface area contributed by atoms with Crippen LogP contribution < -0.4 is 9.47 Å². The van der Waals surface area contributed by atoms with E-state index in [1.165, 1.54) is 4.90 Å². The van der Waals surface area contributed by atoms with Crippen LogP contribution in [0.25, 0.3) is 16.8 Å². The van der Waals surface area contributed by atoms with Crippen molar-refractivity contribution in [2.75, 3.05) is 13.2 Å². The van der Waals surface area contributed by atoms with Crippen molar-refractivity contribution in [3.05, 3.63) is 108 Å². The van der Waals surface area contributed by atoms with Gasteiger partial charge in [-0.1, -0.05) is 66.7 Å². The van der Waals surface area contributed by atoms with Crippen molar-refractivity contribution < 1.29 is 19.1 Å². The van der Waals surface area contributed by atoms with E-state index in [2.05, 4.69) is 0 Å². The molecule has 1 saturated heterocycles. The van der Waals surface area contributed by atoms with E-state index in [1.807, 2.05) is 97.1 Å². The number of thioether (sulfide) groups is 1. The molecular formula is C28H21NO4S. The van der Waals surface area contributed by atoms with Crippen molar-refractivity contribution >= 4 is 39.8 Å². The second-order valence-corrected chi connectivity index (χ2v) is 8.64. The molecule has 1 heterocycles. The summed E-state index contributed by atoms with van der Waals surface area (Å²) in [7, 11) is 0. The topological polar surface area (TPSA) is 55.8 Å². The van der Waals surface area contributed by atoms with Gasteiger partial charge in [0.05, 0.1) is 11.4 Å². The summed E-state index contributed by atoms with van der Waals surface area (Å²) in [5.74, 6) is 1.80. The number of ether oxygens (including phenoxy) is 2. The van der Waals surface area contributed by atoms with Gasteiger partial charge in [0.15, 0.2) is 0 Å². The lowest BCUT2D eigenvalue weighted by molar-refractivity contribution is -0.123. The van der Waals surface area contributed by atoms with Gasteiger partial charge in [-0.3, -0.25) is 14.5 Å². The Morgan fingerprint density at radius 2 is 1.53 bits per heavy atom. The van der Waals surface area contributed by atoms with Crippen LogP contribution in [0.1, 0.15) is 5.56 Å². The predicted octanol–water partition coefficient (Wildman–Crippen LogP) is 6.75. The molecule has 1 aliphatic rings. The van der Waals surface area contributed by atoms with Crippen LogP contribution in [-0.2, 0) is 4.79 Å². The molecule has 4 aromatic carbocycles. The van der Waals surface area contributed by atoms with Crippen molar-refractivity contribution in [2.24, 2.45) is 0 Å². The average molecular weight is 468 g/mol. The Labute approximate surface area is 201 Å². The maximum Gasteiger partial charge on any atom is 0.293 e. The van der Waals surface area contributed by atoms with E-state index < -0.39 is 0 Å². The van der Waals surface area contributed by atoms with E-state index >= 15 is 0 Å². The Kier molecular flexibility index (Phi) is 6.31. The van der Waals surface area contributed by atoms with Gasteiger partial charge in [0.2, 0.25) is 0 Å². The van der Waals surface area contributed by atoms with Gasteiger partial charge in [-0.25, -0.2) is 0 Å². The highest BCUT2D eigenvalue weighted by Crippen LogP contribution is 2.33. The molecule has 6 heteroatoms. The minimum atomic E-state index is -0.314. The van der Waals surface area contributed by atoms with Crippen LogP contribution in [0.4, 0.5) is 4.79 Å². The third kappa shape index (κ3) is 4.82. The number of para-hydroxylation sites is 1. The minimum Gasteiger partial charge on any atom is -0.491 e. The number of nitrogens with zero attached hydrogens (tertiary/aromatic N) is 1. The Bertz CT molecular complexity index is 1380. The molecule has 0 aromatic heterocycles. The minimum absolute atomic E-state index is 0.183. The molecule has 0 unspecified atom stereocenters. The summed E-state index contributed by atoms with van der Waals surface area (Å²) < 4.78 is 11.8. The van der Waals surface area contributed by atoms with Crippen molar-refractivity contribution in [1.82, 2.24) is 4.90 Å². The zero-order valence-electron chi connectivity index (χ0n) is 18.2. The van der Waals surface area contributed by atoms with E-state index in [-0.39, 0.29) is 24.3 Å². The van der Waals surface area contributed by atoms with Crippen LogP contribution in [-0.4, -0.2) is 29.2 Å². The summed E-state index contributed by atoms with van der Waals surface area (Å²) in [5.41, 5.74) is 0.783. The number of carbonyl (C=O) groups is 2. The van der Waals surface area contributed by atoms with E-state index in [4.69, 9.17) is 9.47 Å². The third-order valence-corrected chi connectivity index (χ3v) is 6.24. The molecule has 0 radical (unpaired) electrons. The van der Waals surface area contributed by atoms with Crippen LogP contribution >= 0.6 is 11.8 Å². The Hall–Kier alpha value is -4.03. The maximum atomic E-state index is 12.9. The quantitative estimate of drug-likeness (QED) is 0.282. The fraction of sp³-hybridized carbons (Fsp3) is 0.0714. The number of fused-ring (bicyclic) bond motifs is 1. The zero-order valence-corrected chi connectivity index (χ0v) is 19.0. The number of amides is 2. The van der Waals surface area contributed by atoms with Crippen LogP contribution in [0.5, 0.6) is 17.2 Å². The molecule has 0 aliphatic carbocycles. The van der Waals surface area contributed by atoms with E-state index in [0.717, 1.165) is 39.6 Å². The summed E-state index contributed by atoms with van der Waals surface area (Å²) >= 11 is 0.937. The molecule has 0 N–H and O–H groups in total. The van der Waals surface area contributed by atoms with E-state index in [0.29, 0.717) is 10.7 Å². The Balaban J connectivity index is 1.25. The molecule has 0 saturated carbocycles. The normalized spacial score (nSPS) is 14.7. The molecule has 168 valence electrons. The van der Waals surface area contributed by atoms with Crippen LogP contribution in [0.2, 0.25) is 0 Å². The van der Waals surface area contributed by atoms with Crippen LogP contribution in [0.15, 0.2) is 102 Å². The lowest BCUT2D eigenvalue weighted by atomic mass is 10.1. The Morgan fingerprint density at radius 3 is 2.41 bits per heavy atom. The third-order valence-electron chi connectivity index (χ3n) is 5.33. The van der Waals surface area contributed by atoms with Gasteiger partial charge in [0, 0.05) is 5.39 Å². The number of carbonyl (C=O) groups excluding carboxylic acids is 2. The first-order valence-electron chi connectivity index (χ1n) is 10.9. The summed E-state index contributed by atoms with van der Waals surface area (Å²) in [5, 5.41) is 1.78. The molecule has 5 rings (SSSR count). The molecule has 34 heavy (non-hydrogen) atoms. The van der Waals surface area contributed by atoms with Crippen molar-refractivity contribution in [1.29, 1.82) is 0 Å². The number of hydrogen-bond donors (Lipinski definition) is 0. The first kappa shape index (κ1) is 21.8. The Morgan fingerprint density at radius 1 is 0.794 bits per heavy atom. The monoisotopic (exact) mass is 467 g/mol. The zero-order chi connectivity index (χ0) is 23.3. The summed E-state index contributed by atoms with van der Waals surface area (Å²) in [6, 6.07) is 30.7. The van der Waals surface area contributed by atoms with Crippen LogP contribution in [0, 0.1) is 0 Å². The van der Waals surface area contributed by atoms with E-state index in [1.54, 1.807) is 6.08 Å². The predicted molar refractivity (Wildman–Crippen MR) is 135 cm³/mol. The summed E-state index contributed by atoms with van der Waals surface area (Å²) in [6.07, 6.45) is 1.72. The first-order chi connectivity index (χ1) is 16.7. The molecule has 0 spiro atoms. The van der Waals surface area contributed by atoms with Crippen molar-refractivity contribution in [3.8, 4) is 17.2 Å². The highest BCUT2D eigenvalue weighted by molar-refractivity contribution is 8.18. The highest BCUT2D eigenvalue weighted by atomic mass is 32.2. The molecule has 2 amide bonds. The lowest BCUT2D eigenvalue weighted by Crippen LogP contribution is -2.32. The molecule has 4 aromatic rings. The second-order valence-electron chi connectivity index (χ2n) is 7.65. The second kappa shape index (κ2) is 9.85. The molecule has 0 bridgehead atoms. The SMILES string of the molecule is O=C1S/C(=C\c2cccc(Oc3ccccc3)c2)C(=O)N1CCOc1cccc2ccccc12. The molecule has 1 fully saturated rings. The van der Waals surface area contributed by atoms with Crippen molar-refractivity contribution in [2.45, 2.75) is 0 Å². The standard InChI is InChI=1S/C28H21NO4S/c30-27-26(19-20-8-6-13-23(18-20)33-22-11-2-1-3-12-22)34-28(31)29(27)16-17-32-25-15-7-10-21-9-4-5-14-24(21)25/h1-15,18-19H,16-17H2/b26-19-. The fourth-order valence-corrected chi connectivity index (χ4v) is 4.57. The number of benzene rings is 4. The molecular weight excluding hydrogens is 446 g/mol. The molecule has 0 atom stereocenters. The summed E-state index contributed by atoms with van der Waals surface area (Å²) in [6.45, 7) is 0.405. The van der Waals surface area contributed by atoms with Crippen LogP contribution in [0.3, 0.4) is 0 Å². The largest absolute Gasteiger partial charge is 0.491 e. The van der Waals surface area contributed by atoms with Gasteiger partial charge in [0.25, 0.3) is 11.1 Å². The number of hydrogen-bond acceptors (Lipinski definition) is 5. The van der Waals surface area contributed by atoms with Crippen molar-refractivity contribution in [3.63, 3.8) is 0 Å². The van der Waals surface area contributed by atoms with E-state index in [9.17, 15) is 9.59 Å².